The van der Waals surface area contributed by atoms with E-state index >= 15 is 0 Å². The number of carbonyl (C=O) groups is 1. The van der Waals surface area contributed by atoms with Gasteiger partial charge in [-0.25, -0.2) is 4.79 Å². The smallest absolute Gasteiger partial charge is 0.357 e. The van der Waals surface area contributed by atoms with Crippen LogP contribution in [0, 0.1) is 0 Å². The highest BCUT2D eigenvalue weighted by Crippen LogP contribution is 2.34. The lowest BCUT2D eigenvalue weighted by atomic mass is 9.90. The molecule has 0 amide bonds. The summed E-state index contributed by atoms with van der Waals surface area (Å²) in [6.07, 6.45) is 7.94. The van der Waals surface area contributed by atoms with E-state index in [0.29, 0.717) is 19.5 Å². The quantitative estimate of drug-likeness (QED) is 0.378. The van der Waals surface area contributed by atoms with E-state index in [2.05, 4.69) is 6.92 Å². The molecule has 1 aliphatic rings. The molecule has 1 heterocycles. The van der Waals surface area contributed by atoms with Gasteiger partial charge in [0.05, 0.1) is 0 Å². The number of carboxylic acid groups (broad SMARTS) is 1. The molecular formula is C15H29NO5. The first kappa shape index (κ1) is 18.4. The average molecular weight is 303 g/mol. The summed E-state index contributed by atoms with van der Waals surface area (Å²) in [6, 6.07) is 0. The van der Waals surface area contributed by atoms with E-state index in [1.54, 1.807) is 0 Å². The van der Waals surface area contributed by atoms with E-state index in [9.17, 15) is 25.2 Å². The van der Waals surface area contributed by atoms with Crippen LogP contribution in [0.15, 0.2) is 0 Å². The predicted octanol–water partition coefficient (Wildman–Crippen LogP) is 1.29. The number of unbranched alkanes of at least 4 members (excludes halogenated alkanes) is 6. The highest BCUT2D eigenvalue weighted by atomic mass is 16.5. The minimum Gasteiger partial charge on any atom is -0.478 e. The number of aliphatic carboxylic acids is 1. The van der Waals surface area contributed by atoms with Crippen LogP contribution in [0.2, 0.25) is 0 Å². The highest BCUT2D eigenvalue weighted by Gasteiger charge is 2.60. The Labute approximate surface area is 126 Å². The Hall–Kier alpha value is -0.690. The fourth-order valence-electron chi connectivity index (χ4n) is 2.95. The molecule has 1 aliphatic heterocycles. The SMILES string of the molecule is CCCCCCCCCN1CCCC(O)(O)C1(O)C(=O)O. The van der Waals surface area contributed by atoms with Crippen molar-refractivity contribution in [2.24, 2.45) is 0 Å². The van der Waals surface area contributed by atoms with E-state index in [1.165, 1.54) is 30.6 Å². The Morgan fingerprint density at radius 1 is 1.05 bits per heavy atom. The molecule has 0 aliphatic carbocycles. The van der Waals surface area contributed by atoms with E-state index in [0.717, 1.165) is 19.3 Å². The van der Waals surface area contributed by atoms with Crippen LogP contribution in [0.3, 0.4) is 0 Å². The van der Waals surface area contributed by atoms with Crippen molar-refractivity contribution in [2.75, 3.05) is 13.1 Å². The third kappa shape index (κ3) is 4.39. The van der Waals surface area contributed by atoms with Crippen LogP contribution >= 0.6 is 0 Å². The van der Waals surface area contributed by atoms with Gasteiger partial charge in [0.1, 0.15) is 0 Å². The summed E-state index contributed by atoms with van der Waals surface area (Å²) in [6.45, 7) is 2.89. The maximum atomic E-state index is 11.3. The van der Waals surface area contributed by atoms with Crippen LogP contribution in [0.5, 0.6) is 0 Å². The topological polar surface area (TPSA) is 101 Å². The van der Waals surface area contributed by atoms with Gasteiger partial charge in [-0.2, -0.15) is 0 Å². The number of nitrogens with zero attached hydrogens (tertiary/aromatic N) is 1. The summed E-state index contributed by atoms with van der Waals surface area (Å²) in [5, 5.41) is 39.1. The van der Waals surface area contributed by atoms with Crippen molar-refractivity contribution in [3.05, 3.63) is 0 Å². The normalized spacial score (nSPS) is 25.9. The van der Waals surface area contributed by atoms with Gasteiger partial charge in [0, 0.05) is 19.5 Å². The molecule has 4 N–H and O–H groups in total. The van der Waals surface area contributed by atoms with Gasteiger partial charge in [-0.05, 0) is 12.8 Å². The molecule has 0 aromatic heterocycles. The lowest BCUT2D eigenvalue weighted by Gasteiger charge is -2.47. The zero-order valence-electron chi connectivity index (χ0n) is 12.9. The second-order valence-electron chi connectivity index (χ2n) is 6.01. The Morgan fingerprint density at radius 3 is 2.19 bits per heavy atom. The number of hydrogen-bond donors (Lipinski definition) is 4. The summed E-state index contributed by atoms with van der Waals surface area (Å²) in [5.41, 5.74) is -2.60. The minimum atomic E-state index is -2.60. The van der Waals surface area contributed by atoms with Gasteiger partial charge in [-0.3, -0.25) is 4.90 Å². The van der Waals surface area contributed by atoms with Crippen molar-refractivity contribution >= 4 is 5.97 Å². The van der Waals surface area contributed by atoms with Crippen molar-refractivity contribution in [3.63, 3.8) is 0 Å². The number of carboxylic acids is 1. The van der Waals surface area contributed by atoms with Gasteiger partial charge in [0.25, 0.3) is 5.72 Å². The third-order valence-corrected chi connectivity index (χ3v) is 4.30. The molecule has 124 valence electrons. The number of likely N-dealkylation sites (tertiary alicyclic amines) is 1. The largest absolute Gasteiger partial charge is 0.478 e. The molecule has 1 atom stereocenters. The molecule has 1 unspecified atom stereocenters. The monoisotopic (exact) mass is 303 g/mol. The van der Waals surface area contributed by atoms with Gasteiger partial charge in [0.15, 0.2) is 0 Å². The van der Waals surface area contributed by atoms with Gasteiger partial charge < -0.3 is 20.4 Å². The zero-order valence-corrected chi connectivity index (χ0v) is 12.9. The van der Waals surface area contributed by atoms with Crippen LogP contribution in [-0.4, -0.2) is 55.9 Å². The molecule has 0 saturated carbocycles. The Balaban J connectivity index is 2.43. The van der Waals surface area contributed by atoms with Crippen LogP contribution in [0.25, 0.3) is 0 Å². The number of hydrogen-bond acceptors (Lipinski definition) is 5. The first-order chi connectivity index (χ1) is 9.86. The van der Waals surface area contributed by atoms with E-state index < -0.39 is 17.5 Å². The zero-order chi connectivity index (χ0) is 15.9. The number of piperidine rings is 1. The predicted molar refractivity (Wildman–Crippen MR) is 78.6 cm³/mol. The molecule has 0 bridgehead atoms. The molecular weight excluding hydrogens is 274 g/mol. The molecule has 1 saturated heterocycles. The molecule has 0 radical (unpaired) electrons. The first-order valence-corrected chi connectivity index (χ1v) is 8.02. The van der Waals surface area contributed by atoms with Crippen molar-refractivity contribution in [1.29, 1.82) is 0 Å². The van der Waals surface area contributed by atoms with Gasteiger partial charge in [-0.1, -0.05) is 45.4 Å². The van der Waals surface area contributed by atoms with Crippen LogP contribution in [-0.2, 0) is 4.79 Å². The maximum Gasteiger partial charge on any atom is 0.357 e. The number of rotatable bonds is 9. The number of aliphatic hydroxyl groups is 3. The molecule has 0 aromatic rings. The van der Waals surface area contributed by atoms with Crippen LogP contribution in [0.4, 0.5) is 0 Å². The van der Waals surface area contributed by atoms with E-state index in [4.69, 9.17) is 0 Å². The first-order valence-electron chi connectivity index (χ1n) is 8.02. The molecule has 6 heteroatoms. The van der Waals surface area contributed by atoms with Crippen LogP contribution in [0.1, 0.15) is 64.7 Å². The van der Waals surface area contributed by atoms with Gasteiger partial charge in [-0.15, -0.1) is 0 Å². The minimum absolute atomic E-state index is 0.136. The second kappa shape index (κ2) is 8.08. The van der Waals surface area contributed by atoms with E-state index in [-0.39, 0.29) is 6.42 Å². The Kier molecular flexibility index (Phi) is 7.06. The summed E-state index contributed by atoms with van der Waals surface area (Å²) in [4.78, 5) is 12.6. The Bertz CT molecular complexity index is 334. The lowest BCUT2D eigenvalue weighted by molar-refractivity contribution is -0.332. The maximum absolute atomic E-state index is 11.3. The van der Waals surface area contributed by atoms with Crippen molar-refractivity contribution in [1.82, 2.24) is 4.90 Å². The van der Waals surface area contributed by atoms with Crippen molar-refractivity contribution in [3.8, 4) is 0 Å². The fraction of sp³-hybridized carbons (Fsp3) is 0.933. The van der Waals surface area contributed by atoms with Crippen LogP contribution < -0.4 is 0 Å². The van der Waals surface area contributed by atoms with Crippen molar-refractivity contribution < 1.29 is 25.2 Å². The average Bonchev–Trinajstić information content (AvgIpc) is 2.42. The molecule has 6 nitrogen and oxygen atoms in total. The van der Waals surface area contributed by atoms with E-state index in [1.807, 2.05) is 0 Å². The molecule has 0 aromatic carbocycles. The van der Waals surface area contributed by atoms with Crippen molar-refractivity contribution in [2.45, 2.75) is 76.2 Å². The summed E-state index contributed by atoms with van der Waals surface area (Å²) >= 11 is 0. The third-order valence-electron chi connectivity index (χ3n) is 4.30. The highest BCUT2D eigenvalue weighted by molar-refractivity contribution is 5.78. The summed E-state index contributed by atoms with van der Waals surface area (Å²) in [7, 11) is 0. The Morgan fingerprint density at radius 2 is 1.62 bits per heavy atom. The summed E-state index contributed by atoms with van der Waals surface area (Å²) in [5.74, 6) is -4.20. The molecule has 1 fully saturated rings. The second-order valence-corrected chi connectivity index (χ2v) is 6.01. The summed E-state index contributed by atoms with van der Waals surface area (Å²) < 4.78 is 0. The molecule has 21 heavy (non-hydrogen) atoms. The van der Waals surface area contributed by atoms with Gasteiger partial charge in [0.2, 0.25) is 5.79 Å². The molecule has 0 spiro atoms. The molecule has 1 rings (SSSR count). The lowest BCUT2D eigenvalue weighted by Crippen LogP contribution is -2.71. The standard InChI is InChI=1S/C15H29NO5/c1-2-3-4-5-6-7-8-11-16-12-9-10-14(19,20)15(16,21)13(17)18/h19-21H,2-12H2,1H3,(H,17,18). The fourth-order valence-corrected chi connectivity index (χ4v) is 2.95. The van der Waals surface area contributed by atoms with Gasteiger partial charge >= 0.3 is 5.97 Å².